The lowest BCUT2D eigenvalue weighted by atomic mass is 10.1. The number of anilines is 1. The largest absolute Gasteiger partial charge is 0.493 e. The topological polar surface area (TPSA) is 59.3 Å². The van der Waals surface area contributed by atoms with Crippen molar-refractivity contribution in [3.63, 3.8) is 0 Å². The van der Waals surface area contributed by atoms with Crippen molar-refractivity contribution in [3.8, 4) is 22.8 Å². The number of rotatable bonds is 4. The molecule has 7 heteroatoms. The van der Waals surface area contributed by atoms with E-state index < -0.39 is 0 Å². The second-order valence-electron chi connectivity index (χ2n) is 8.40. The highest BCUT2D eigenvalue weighted by molar-refractivity contribution is 5.67. The molecule has 0 spiro atoms. The first-order valence-corrected chi connectivity index (χ1v) is 10.8. The smallest absolute Gasteiger partial charge is 0.258 e. The van der Waals surface area contributed by atoms with Crippen molar-refractivity contribution < 1.29 is 9.47 Å². The average molecular weight is 421 g/mol. The van der Waals surface area contributed by atoms with Gasteiger partial charge in [-0.3, -0.25) is 14.1 Å². The zero-order valence-corrected chi connectivity index (χ0v) is 18.3. The predicted octanol–water partition coefficient (Wildman–Crippen LogP) is 2.97. The first-order valence-electron chi connectivity index (χ1n) is 10.8. The summed E-state index contributed by atoms with van der Waals surface area (Å²) in [4.78, 5) is 22.9. The van der Waals surface area contributed by atoms with Gasteiger partial charge in [-0.2, -0.15) is 0 Å². The van der Waals surface area contributed by atoms with E-state index >= 15 is 0 Å². The van der Waals surface area contributed by atoms with Gasteiger partial charge in [-0.15, -0.1) is 0 Å². The van der Waals surface area contributed by atoms with Crippen LogP contribution in [0.3, 0.4) is 0 Å². The molecule has 1 atom stereocenters. The Bertz CT molecular complexity index is 1190. The number of hydrogen-bond donors (Lipinski definition) is 0. The number of methoxy groups -OCH3 is 2. The van der Waals surface area contributed by atoms with Crippen LogP contribution in [0.2, 0.25) is 0 Å². The number of benzene rings is 1. The van der Waals surface area contributed by atoms with E-state index in [4.69, 9.17) is 14.5 Å². The third-order valence-electron chi connectivity index (χ3n) is 6.56. The van der Waals surface area contributed by atoms with Crippen molar-refractivity contribution in [1.29, 1.82) is 0 Å². The number of pyridine rings is 1. The summed E-state index contributed by atoms with van der Waals surface area (Å²) in [5.74, 6) is 1.26. The van der Waals surface area contributed by atoms with Crippen LogP contribution in [0.15, 0.2) is 41.3 Å². The monoisotopic (exact) mass is 420 g/mol. The zero-order chi connectivity index (χ0) is 21.5. The number of fused-ring (bicyclic) bond motifs is 2. The molecule has 2 aromatic heterocycles. The Labute approximate surface area is 181 Å². The number of hydrogen-bond acceptors (Lipinski definition) is 6. The predicted molar refractivity (Wildman–Crippen MR) is 122 cm³/mol. The molecule has 0 unspecified atom stereocenters. The number of piperazine rings is 1. The lowest BCUT2D eigenvalue weighted by Crippen LogP contribution is -2.50. The van der Waals surface area contributed by atoms with Gasteiger partial charge in [-0.1, -0.05) is 0 Å². The molecule has 5 rings (SSSR count). The lowest BCUT2D eigenvalue weighted by Gasteiger charge is -2.39. The van der Waals surface area contributed by atoms with Crippen LogP contribution < -0.4 is 19.9 Å². The molecule has 4 heterocycles. The van der Waals surface area contributed by atoms with Gasteiger partial charge in [0.25, 0.3) is 5.56 Å². The number of aromatic nitrogens is 2. The second kappa shape index (κ2) is 7.89. The molecule has 0 amide bonds. The van der Waals surface area contributed by atoms with Gasteiger partial charge >= 0.3 is 0 Å². The number of nitrogens with zero attached hydrogens (tertiary/aromatic N) is 4. The summed E-state index contributed by atoms with van der Waals surface area (Å²) >= 11 is 0. The summed E-state index contributed by atoms with van der Waals surface area (Å²) in [7, 11) is 3.20. The number of ether oxygens (including phenoxy) is 2. The summed E-state index contributed by atoms with van der Waals surface area (Å²) in [6.07, 6.45) is 4.50. The van der Waals surface area contributed by atoms with Gasteiger partial charge in [-0.25, -0.2) is 4.98 Å². The van der Waals surface area contributed by atoms with E-state index in [1.807, 2.05) is 31.3 Å². The average Bonchev–Trinajstić information content (AvgIpc) is 3.27. The zero-order valence-electron chi connectivity index (χ0n) is 18.3. The molecule has 2 aliphatic rings. The molecule has 7 nitrogen and oxygen atoms in total. The lowest BCUT2D eigenvalue weighted by molar-refractivity contribution is 0.231. The summed E-state index contributed by atoms with van der Waals surface area (Å²) in [6, 6.07) is 9.95. The molecule has 2 fully saturated rings. The van der Waals surface area contributed by atoms with Gasteiger partial charge < -0.3 is 14.4 Å². The standard InChI is InChI=1S/C24H28N4O3/c1-16-11-19(27-10-9-26-8-4-5-18(26)14-27)15-28-23(29)13-20(25-24(16)28)17-6-7-21(30-2)22(12-17)31-3/h6-7,11-13,15,18H,4-5,8-10,14H2,1-3H3/t18-/m1/s1. The first-order chi connectivity index (χ1) is 15.1. The van der Waals surface area contributed by atoms with Gasteiger partial charge in [0.05, 0.1) is 25.6 Å². The van der Waals surface area contributed by atoms with E-state index in [0.717, 1.165) is 36.4 Å². The molecular formula is C24H28N4O3. The van der Waals surface area contributed by atoms with Crippen LogP contribution in [0.1, 0.15) is 18.4 Å². The highest BCUT2D eigenvalue weighted by atomic mass is 16.5. The molecule has 0 aliphatic carbocycles. The second-order valence-corrected chi connectivity index (χ2v) is 8.40. The van der Waals surface area contributed by atoms with Crippen LogP contribution in [0.25, 0.3) is 16.9 Å². The quantitative estimate of drug-likeness (QED) is 0.647. The van der Waals surface area contributed by atoms with Crippen molar-refractivity contribution in [3.05, 3.63) is 52.4 Å². The minimum atomic E-state index is -0.0840. The van der Waals surface area contributed by atoms with Gasteiger partial charge in [0.1, 0.15) is 5.65 Å². The van der Waals surface area contributed by atoms with Gasteiger partial charge in [0.15, 0.2) is 11.5 Å². The fourth-order valence-electron chi connectivity index (χ4n) is 4.89. The minimum Gasteiger partial charge on any atom is -0.493 e. The Morgan fingerprint density at radius 2 is 1.87 bits per heavy atom. The maximum absolute atomic E-state index is 13.1. The van der Waals surface area contributed by atoms with Crippen molar-refractivity contribution in [2.45, 2.75) is 25.8 Å². The molecule has 0 bridgehead atoms. The Morgan fingerprint density at radius 3 is 2.68 bits per heavy atom. The van der Waals surface area contributed by atoms with Gasteiger partial charge in [0.2, 0.25) is 0 Å². The highest BCUT2D eigenvalue weighted by Gasteiger charge is 2.30. The van der Waals surface area contributed by atoms with E-state index in [1.165, 1.54) is 19.4 Å². The molecule has 0 radical (unpaired) electrons. The van der Waals surface area contributed by atoms with Crippen LogP contribution in [0, 0.1) is 6.92 Å². The molecular weight excluding hydrogens is 392 g/mol. The van der Waals surface area contributed by atoms with Gasteiger partial charge in [-0.05, 0) is 56.1 Å². The van der Waals surface area contributed by atoms with Crippen molar-refractivity contribution in [2.24, 2.45) is 0 Å². The van der Waals surface area contributed by atoms with Crippen molar-refractivity contribution >= 4 is 11.3 Å². The van der Waals surface area contributed by atoms with Crippen LogP contribution in [0.4, 0.5) is 5.69 Å². The Kier molecular flexibility index (Phi) is 5.06. The molecule has 162 valence electrons. The van der Waals surface area contributed by atoms with Gasteiger partial charge in [0, 0.05) is 43.5 Å². The van der Waals surface area contributed by atoms with Crippen molar-refractivity contribution in [1.82, 2.24) is 14.3 Å². The van der Waals surface area contributed by atoms with E-state index in [-0.39, 0.29) is 5.56 Å². The molecule has 0 N–H and O–H groups in total. The summed E-state index contributed by atoms with van der Waals surface area (Å²) in [5.41, 5.74) is 4.13. The SMILES string of the molecule is COc1ccc(-c2cc(=O)n3cc(N4CCN5CCC[C@@H]5C4)cc(C)c3n2)cc1OC. The first kappa shape index (κ1) is 19.9. The van der Waals surface area contributed by atoms with E-state index in [0.29, 0.717) is 28.9 Å². The molecule has 2 saturated heterocycles. The van der Waals surface area contributed by atoms with E-state index in [1.54, 1.807) is 24.7 Å². The molecule has 2 aliphatic heterocycles. The summed E-state index contributed by atoms with van der Waals surface area (Å²) in [5, 5.41) is 0. The van der Waals surface area contributed by atoms with Crippen molar-refractivity contribution in [2.75, 3.05) is 45.3 Å². The Hall–Kier alpha value is -3.06. The Balaban J connectivity index is 1.53. The fourth-order valence-corrected chi connectivity index (χ4v) is 4.89. The van der Waals surface area contributed by atoms with E-state index in [2.05, 4.69) is 15.9 Å². The van der Waals surface area contributed by atoms with Crippen LogP contribution in [0.5, 0.6) is 11.5 Å². The molecule has 31 heavy (non-hydrogen) atoms. The van der Waals surface area contributed by atoms with Crippen LogP contribution >= 0.6 is 0 Å². The highest BCUT2D eigenvalue weighted by Crippen LogP contribution is 2.32. The summed E-state index contributed by atoms with van der Waals surface area (Å²) < 4.78 is 12.4. The maximum Gasteiger partial charge on any atom is 0.258 e. The number of aryl methyl sites for hydroxylation is 1. The Morgan fingerprint density at radius 1 is 1.03 bits per heavy atom. The molecule has 0 saturated carbocycles. The minimum absolute atomic E-state index is 0.0840. The summed E-state index contributed by atoms with van der Waals surface area (Å²) in [6.45, 7) is 6.35. The molecule has 3 aromatic rings. The third kappa shape index (κ3) is 3.53. The maximum atomic E-state index is 13.1. The normalized spacial score (nSPS) is 18.9. The van der Waals surface area contributed by atoms with Crippen LogP contribution in [-0.2, 0) is 0 Å². The fraction of sp³-hybridized carbons (Fsp3) is 0.417. The van der Waals surface area contributed by atoms with Crippen LogP contribution in [-0.4, -0.2) is 60.7 Å². The van der Waals surface area contributed by atoms with E-state index in [9.17, 15) is 4.79 Å². The third-order valence-corrected chi connectivity index (χ3v) is 6.56. The molecule has 1 aromatic carbocycles.